The molecule has 0 bridgehead atoms. The number of hydrogen-bond donors (Lipinski definition) is 1. The lowest BCUT2D eigenvalue weighted by Crippen LogP contribution is -2.16. The zero-order valence-corrected chi connectivity index (χ0v) is 14.1. The summed E-state index contributed by atoms with van der Waals surface area (Å²) in [6.45, 7) is 0.702. The predicted octanol–water partition coefficient (Wildman–Crippen LogP) is 3.01. The van der Waals surface area contributed by atoms with Gasteiger partial charge in [0.1, 0.15) is 5.75 Å². The molecule has 1 aliphatic heterocycles. The van der Waals surface area contributed by atoms with E-state index < -0.39 is 0 Å². The van der Waals surface area contributed by atoms with Gasteiger partial charge in [-0.3, -0.25) is 4.99 Å². The van der Waals surface area contributed by atoms with Gasteiger partial charge in [0, 0.05) is 18.5 Å². The molecular weight excluding hydrogens is 306 g/mol. The Morgan fingerprint density at radius 1 is 1.04 bits per heavy atom. The number of fused-ring (bicyclic) bond motifs is 1. The van der Waals surface area contributed by atoms with Crippen molar-refractivity contribution in [1.29, 1.82) is 0 Å². The molecule has 0 spiro atoms. The van der Waals surface area contributed by atoms with Crippen molar-refractivity contribution in [3.63, 3.8) is 0 Å². The number of rotatable bonds is 5. The third kappa shape index (κ3) is 2.89. The van der Waals surface area contributed by atoms with Gasteiger partial charge in [0.15, 0.2) is 11.5 Å². The first kappa shape index (κ1) is 16.2. The SMILES string of the molecule is COc1ccc(CC2=NCCc3cc(OC)c(OC)c(O)c32)cc1. The lowest BCUT2D eigenvalue weighted by Gasteiger charge is -2.21. The van der Waals surface area contributed by atoms with E-state index in [4.69, 9.17) is 14.2 Å². The van der Waals surface area contributed by atoms with E-state index in [-0.39, 0.29) is 5.75 Å². The number of aromatic hydroxyl groups is 1. The summed E-state index contributed by atoms with van der Waals surface area (Å²) in [6, 6.07) is 9.79. The monoisotopic (exact) mass is 327 g/mol. The van der Waals surface area contributed by atoms with Gasteiger partial charge in [-0.1, -0.05) is 12.1 Å². The molecule has 1 aliphatic rings. The molecule has 0 amide bonds. The number of methoxy groups -OCH3 is 3. The standard InChI is InChI=1S/C19H21NO4/c1-22-14-6-4-12(5-7-14)10-15-17-13(8-9-20-15)11-16(23-2)19(24-3)18(17)21/h4-7,11,21H,8-10H2,1-3H3. The highest BCUT2D eigenvalue weighted by Gasteiger charge is 2.24. The third-order valence-electron chi connectivity index (χ3n) is 4.23. The Kier molecular flexibility index (Phi) is 4.60. The van der Waals surface area contributed by atoms with Gasteiger partial charge in [0.2, 0.25) is 5.75 Å². The number of ether oxygens (including phenoxy) is 3. The molecule has 3 rings (SSSR count). The van der Waals surface area contributed by atoms with E-state index in [1.165, 1.54) is 7.11 Å². The van der Waals surface area contributed by atoms with Gasteiger partial charge in [-0.05, 0) is 35.7 Å². The summed E-state index contributed by atoms with van der Waals surface area (Å²) in [7, 11) is 4.74. The van der Waals surface area contributed by atoms with E-state index in [9.17, 15) is 5.11 Å². The topological polar surface area (TPSA) is 60.3 Å². The molecule has 0 radical (unpaired) electrons. The highest BCUT2D eigenvalue weighted by atomic mass is 16.5. The fourth-order valence-corrected chi connectivity index (χ4v) is 3.02. The summed E-state index contributed by atoms with van der Waals surface area (Å²) in [5.41, 5.74) is 3.76. The molecule has 0 fully saturated rings. The van der Waals surface area contributed by atoms with E-state index in [1.807, 2.05) is 30.3 Å². The van der Waals surface area contributed by atoms with Crippen LogP contribution in [0.25, 0.3) is 0 Å². The normalized spacial score (nSPS) is 13.0. The summed E-state index contributed by atoms with van der Waals surface area (Å²) in [6.07, 6.45) is 1.41. The van der Waals surface area contributed by atoms with Crippen molar-refractivity contribution in [1.82, 2.24) is 0 Å². The molecule has 5 heteroatoms. The van der Waals surface area contributed by atoms with Crippen molar-refractivity contribution in [2.45, 2.75) is 12.8 Å². The maximum Gasteiger partial charge on any atom is 0.203 e. The zero-order chi connectivity index (χ0) is 17.1. The van der Waals surface area contributed by atoms with Crippen LogP contribution in [-0.4, -0.2) is 38.7 Å². The van der Waals surface area contributed by atoms with Crippen LogP contribution in [0.15, 0.2) is 35.3 Å². The van der Waals surface area contributed by atoms with Crippen LogP contribution in [0, 0.1) is 0 Å². The minimum atomic E-state index is 0.0961. The van der Waals surface area contributed by atoms with Gasteiger partial charge in [0.05, 0.1) is 27.0 Å². The number of hydrogen-bond acceptors (Lipinski definition) is 5. The van der Waals surface area contributed by atoms with E-state index in [1.54, 1.807) is 14.2 Å². The fourth-order valence-electron chi connectivity index (χ4n) is 3.02. The minimum Gasteiger partial charge on any atom is -0.504 e. The first-order valence-corrected chi connectivity index (χ1v) is 7.81. The second-order valence-electron chi connectivity index (χ2n) is 5.60. The van der Waals surface area contributed by atoms with Crippen LogP contribution >= 0.6 is 0 Å². The number of benzene rings is 2. The lowest BCUT2D eigenvalue weighted by molar-refractivity contribution is 0.332. The van der Waals surface area contributed by atoms with Crippen molar-refractivity contribution in [2.24, 2.45) is 4.99 Å². The Hall–Kier alpha value is -2.69. The van der Waals surface area contributed by atoms with Crippen LogP contribution in [0.5, 0.6) is 23.0 Å². The van der Waals surface area contributed by atoms with Crippen LogP contribution < -0.4 is 14.2 Å². The van der Waals surface area contributed by atoms with Crippen molar-refractivity contribution >= 4 is 5.71 Å². The van der Waals surface area contributed by atoms with Gasteiger partial charge in [-0.25, -0.2) is 0 Å². The van der Waals surface area contributed by atoms with E-state index in [2.05, 4.69) is 4.99 Å². The molecule has 1 heterocycles. The van der Waals surface area contributed by atoms with Gasteiger partial charge >= 0.3 is 0 Å². The first-order chi connectivity index (χ1) is 11.7. The van der Waals surface area contributed by atoms with E-state index in [0.717, 1.165) is 34.6 Å². The number of phenols is 1. The molecule has 24 heavy (non-hydrogen) atoms. The lowest BCUT2D eigenvalue weighted by atomic mass is 9.92. The van der Waals surface area contributed by atoms with Gasteiger partial charge in [-0.15, -0.1) is 0 Å². The largest absolute Gasteiger partial charge is 0.504 e. The molecule has 0 saturated carbocycles. The average molecular weight is 327 g/mol. The summed E-state index contributed by atoms with van der Waals surface area (Å²) in [5.74, 6) is 1.80. The van der Waals surface area contributed by atoms with Crippen LogP contribution in [0.1, 0.15) is 16.7 Å². The van der Waals surface area contributed by atoms with Crippen molar-refractivity contribution < 1.29 is 19.3 Å². The molecule has 0 unspecified atom stereocenters. The smallest absolute Gasteiger partial charge is 0.203 e. The molecule has 2 aromatic carbocycles. The molecule has 126 valence electrons. The summed E-state index contributed by atoms with van der Waals surface area (Å²) in [5, 5.41) is 10.7. The Morgan fingerprint density at radius 2 is 1.79 bits per heavy atom. The summed E-state index contributed by atoms with van der Waals surface area (Å²) < 4.78 is 15.8. The Labute approximate surface area is 141 Å². The Balaban J connectivity index is 1.98. The maximum absolute atomic E-state index is 10.7. The van der Waals surface area contributed by atoms with Crippen LogP contribution in [0.4, 0.5) is 0 Å². The maximum atomic E-state index is 10.7. The molecule has 1 N–H and O–H groups in total. The predicted molar refractivity (Wildman–Crippen MR) is 93.0 cm³/mol. The number of nitrogens with zero attached hydrogens (tertiary/aromatic N) is 1. The summed E-state index contributed by atoms with van der Waals surface area (Å²) >= 11 is 0. The van der Waals surface area contributed by atoms with Crippen LogP contribution in [0.2, 0.25) is 0 Å². The number of aliphatic imine (C=N–C) groups is 1. The molecule has 2 aromatic rings. The van der Waals surface area contributed by atoms with Crippen molar-refractivity contribution in [3.05, 3.63) is 47.0 Å². The van der Waals surface area contributed by atoms with Gasteiger partial charge in [-0.2, -0.15) is 0 Å². The zero-order valence-electron chi connectivity index (χ0n) is 14.1. The molecule has 5 nitrogen and oxygen atoms in total. The Bertz CT molecular complexity index is 766. The minimum absolute atomic E-state index is 0.0961. The van der Waals surface area contributed by atoms with E-state index >= 15 is 0 Å². The van der Waals surface area contributed by atoms with E-state index in [0.29, 0.717) is 24.5 Å². The quantitative estimate of drug-likeness (QED) is 0.917. The summed E-state index contributed by atoms with van der Waals surface area (Å²) in [4.78, 5) is 4.63. The third-order valence-corrected chi connectivity index (χ3v) is 4.23. The van der Waals surface area contributed by atoms with Gasteiger partial charge in [0.25, 0.3) is 0 Å². The average Bonchev–Trinajstić information content (AvgIpc) is 2.62. The van der Waals surface area contributed by atoms with Crippen LogP contribution in [0.3, 0.4) is 0 Å². The fraction of sp³-hybridized carbons (Fsp3) is 0.316. The first-order valence-electron chi connectivity index (χ1n) is 7.81. The highest BCUT2D eigenvalue weighted by molar-refractivity contribution is 6.07. The highest BCUT2D eigenvalue weighted by Crippen LogP contribution is 2.42. The molecule has 0 aliphatic carbocycles. The van der Waals surface area contributed by atoms with Crippen molar-refractivity contribution in [2.75, 3.05) is 27.9 Å². The Morgan fingerprint density at radius 3 is 2.42 bits per heavy atom. The second-order valence-corrected chi connectivity index (χ2v) is 5.60. The molecule has 0 saturated heterocycles. The second kappa shape index (κ2) is 6.83. The molecular formula is C19H21NO4. The molecule has 0 aromatic heterocycles. The molecule has 0 atom stereocenters. The van der Waals surface area contributed by atoms with Gasteiger partial charge < -0.3 is 19.3 Å². The number of phenolic OH excluding ortho intramolecular Hbond substituents is 1. The van der Waals surface area contributed by atoms with Crippen molar-refractivity contribution in [3.8, 4) is 23.0 Å². The van der Waals surface area contributed by atoms with Crippen LogP contribution in [-0.2, 0) is 12.8 Å².